The number of nitrogen functional groups attached to an aromatic ring is 1. The van der Waals surface area contributed by atoms with Crippen LogP contribution in [-0.4, -0.2) is 55.8 Å². The van der Waals surface area contributed by atoms with Crippen molar-refractivity contribution >= 4 is 35.4 Å². The molecule has 1 aliphatic heterocycles. The lowest BCUT2D eigenvalue weighted by Crippen LogP contribution is -2.39. The van der Waals surface area contributed by atoms with E-state index in [0.29, 0.717) is 34.9 Å². The standard InChI is InChI=1S/C24H25ClN6O5/c1-2-36-23(33)20-19(29-21(31(20)26)17-5-3-4-12-30(17)24(34)35)14-6-8-15(9-7-14)22(32)28-18-13-16(25)10-11-27-18/h6-11,13,17H,2-5,12,26H2,1H3,(H,34,35)(H,27,28,32)/t17-/m0/s1. The summed E-state index contributed by atoms with van der Waals surface area (Å²) < 4.78 is 6.31. The van der Waals surface area contributed by atoms with Crippen molar-refractivity contribution in [1.82, 2.24) is 19.5 Å². The summed E-state index contributed by atoms with van der Waals surface area (Å²) in [5.74, 6) is 5.78. The van der Waals surface area contributed by atoms with E-state index in [4.69, 9.17) is 22.2 Å². The minimum absolute atomic E-state index is 0.00286. The minimum Gasteiger partial charge on any atom is -0.465 e. The molecule has 188 valence electrons. The Bertz CT molecular complexity index is 1290. The summed E-state index contributed by atoms with van der Waals surface area (Å²) in [6.45, 7) is 2.15. The van der Waals surface area contributed by atoms with E-state index in [0.717, 1.165) is 17.5 Å². The van der Waals surface area contributed by atoms with Gasteiger partial charge in [-0.1, -0.05) is 23.7 Å². The number of benzene rings is 1. The number of carbonyl (C=O) groups excluding carboxylic acids is 2. The Balaban J connectivity index is 1.68. The van der Waals surface area contributed by atoms with Crippen LogP contribution in [0, 0.1) is 0 Å². The molecule has 36 heavy (non-hydrogen) atoms. The van der Waals surface area contributed by atoms with Crippen LogP contribution in [0.15, 0.2) is 42.6 Å². The third-order valence-electron chi connectivity index (χ3n) is 5.84. The summed E-state index contributed by atoms with van der Waals surface area (Å²) >= 11 is 5.94. The summed E-state index contributed by atoms with van der Waals surface area (Å²) in [4.78, 5) is 47.2. The number of carbonyl (C=O) groups is 3. The van der Waals surface area contributed by atoms with Crippen molar-refractivity contribution in [2.75, 3.05) is 24.3 Å². The largest absolute Gasteiger partial charge is 0.465 e. The minimum atomic E-state index is -1.08. The fourth-order valence-electron chi connectivity index (χ4n) is 4.15. The van der Waals surface area contributed by atoms with Crippen molar-refractivity contribution in [1.29, 1.82) is 0 Å². The van der Waals surface area contributed by atoms with Crippen LogP contribution in [0.3, 0.4) is 0 Å². The van der Waals surface area contributed by atoms with Gasteiger partial charge in [-0.15, -0.1) is 0 Å². The fourth-order valence-corrected chi connectivity index (χ4v) is 4.31. The quantitative estimate of drug-likeness (QED) is 0.331. The summed E-state index contributed by atoms with van der Waals surface area (Å²) in [5.41, 5.74) is 1.10. The van der Waals surface area contributed by atoms with E-state index in [1.807, 2.05) is 0 Å². The van der Waals surface area contributed by atoms with E-state index < -0.39 is 24.0 Å². The van der Waals surface area contributed by atoms with Gasteiger partial charge in [-0.05, 0) is 50.5 Å². The molecule has 12 heteroatoms. The third-order valence-corrected chi connectivity index (χ3v) is 6.07. The third kappa shape index (κ3) is 5.10. The molecule has 1 aromatic carbocycles. The molecule has 2 aromatic heterocycles. The number of aromatic nitrogens is 3. The summed E-state index contributed by atoms with van der Waals surface area (Å²) in [6.07, 6.45) is 2.47. The van der Waals surface area contributed by atoms with Crippen LogP contribution in [0.25, 0.3) is 11.3 Å². The zero-order valence-electron chi connectivity index (χ0n) is 19.5. The van der Waals surface area contributed by atoms with Crippen LogP contribution in [-0.2, 0) is 4.74 Å². The molecule has 11 nitrogen and oxygen atoms in total. The van der Waals surface area contributed by atoms with Crippen LogP contribution in [0.4, 0.5) is 10.6 Å². The van der Waals surface area contributed by atoms with Gasteiger partial charge in [0.1, 0.15) is 11.5 Å². The van der Waals surface area contributed by atoms with Gasteiger partial charge in [-0.2, -0.15) is 0 Å². The predicted molar refractivity (Wildman–Crippen MR) is 132 cm³/mol. The maximum Gasteiger partial charge on any atom is 0.407 e. The van der Waals surface area contributed by atoms with Crippen molar-refractivity contribution in [3.8, 4) is 11.3 Å². The predicted octanol–water partition coefficient (Wildman–Crippen LogP) is 3.95. The Morgan fingerprint density at radius 2 is 1.97 bits per heavy atom. The first-order valence-corrected chi connectivity index (χ1v) is 11.8. The number of imidazole rings is 1. The highest BCUT2D eigenvalue weighted by molar-refractivity contribution is 6.30. The molecule has 4 rings (SSSR count). The average molecular weight is 513 g/mol. The fraction of sp³-hybridized carbons (Fsp3) is 0.292. The van der Waals surface area contributed by atoms with E-state index >= 15 is 0 Å². The Morgan fingerprint density at radius 1 is 1.22 bits per heavy atom. The van der Waals surface area contributed by atoms with Crippen molar-refractivity contribution in [3.63, 3.8) is 0 Å². The molecule has 1 atom stereocenters. The molecular weight excluding hydrogens is 488 g/mol. The van der Waals surface area contributed by atoms with Gasteiger partial charge in [-0.25, -0.2) is 24.2 Å². The van der Waals surface area contributed by atoms with Crippen molar-refractivity contribution < 1.29 is 24.2 Å². The van der Waals surface area contributed by atoms with Gasteiger partial charge >= 0.3 is 12.1 Å². The Labute approximate surface area is 211 Å². The van der Waals surface area contributed by atoms with Gasteiger partial charge in [-0.3, -0.25) is 9.69 Å². The second kappa shape index (κ2) is 10.6. The number of esters is 1. The maximum atomic E-state index is 12.8. The van der Waals surface area contributed by atoms with E-state index in [1.54, 1.807) is 37.3 Å². The molecule has 1 saturated heterocycles. The van der Waals surface area contributed by atoms with Crippen molar-refractivity contribution in [3.05, 3.63) is 64.7 Å². The number of anilines is 1. The number of pyridine rings is 1. The van der Waals surface area contributed by atoms with Crippen LogP contribution in [0.1, 0.15) is 58.9 Å². The first-order chi connectivity index (χ1) is 17.3. The average Bonchev–Trinajstić information content (AvgIpc) is 3.21. The number of rotatable bonds is 6. The zero-order valence-corrected chi connectivity index (χ0v) is 20.2. The van der Waals surface area contributed by atoms with Gasteiger partial charge in [0.2, 0.25) is 0 Å². The molecule has 3 aromatic rings. The molecule has 4 N–H and O–H groups in total. The first kappa shape index (κ1) is 25.0. The SMILES string of the molecule is CCOC(=O)c1c(-c2ccc(C(=O)Nc3cc(Cl)ccn3)cc2)nc([C@@H]2CCCCN2C(=O)O)n1N. The molecule has 2 amide bonds. The maximum absolute atomic E-state index is 12.8. The van der Waals surface area contributed by atoms with Crippen LogP contribution < -0.4 is 11.2 Å². The van der Waals surface area contributed by atoms with Crippen molar-refractivity contribution in [2.24, 2.45) is 0 Å². The molecule has 0 unspecified atom stereocenters. The molecular formula is C24H25ClN6O5. The lowest BCUT2D eigenvalue weighted by atomic mass is 10.0. The number of amides is 2. The Kier molecular flexibility index (Phi) is 7.39. The number of piperidine rings is 1. The van der Waals surface area contributed by atoms with Crippen LogP contribution in [0.5, 0.6) is 0 Å². The topological polar surface area (TPSA) is 153 Å². The molecule has 3 heterocycles. The summed E-state index contributed by atoms with van der Waals surface area (Å²) in [6, 6.07) is 8.93. The van der Waals surface area contributed by atoms with Crippen molar-refractivity contribution in [2.45, 2.75) is 32.2 Å². The summed E-state index contributed by atoms with van der Waals surface area (Å²) in [7, 11) is 0. The summed E-state index contributed by atoms with van der Waals surface area (Å²) in [5, 5.41) is 12.8. The number of likely N-dealkylation sites (tertiary alicyclic amines) is 1. The second-order valence-corrected chi connectivity index (χ2v) is 8.57. The highest BCUT2D eigenvalue weighted by Crippen LogP contribution is 2.34. The second-order valence-electron chi connectivity index (χ2n) is 8.14. The Morgan fingerprint density at radius 3 is 2.64 bits per heavy atom. The highest BCUT2D eigenvalue weighted by atomic mass is 35.5. The number of hydrogen-bond donors (Lipinski definition) is 3. The highest BCUT2D eigenvalue weighted by Gasteiger charge is 2.34. The molecule has 1 fully saturated rings. The molecule has 0 aliphatic carbocycles. The van der Waals surface area contributed by atoms with Crippen LogP contribution in [0.2, 0.25) is 5.02 Å². The molecule has 0 spiro atoms. The van der Waals surface area contributed by atoms with Gasteiger partial charge in [0.15, 0.2) is 11.5 Å². The number of nitrogens with zero attached hydrogens (tertiary/aromatic N) is 4. The Hall–Kier alpha value is -4.12. The monoisotopic (exact) mass is 512 g/mol. The molecule has 0 bridgehead atoms. The van der Waals surface area contributed by atoms with Gasteiger partial charge < -0.3 is 21.0 Å². The number of nitrogens with two attached hydrogens (primary N) is 1. The van der Waals surface area contributed by atoms with Gasteiger partial charge in [0.25, 0.3) is 5.91 Å². The van der Waals surface area contributed by atoms with Gasteiger partial charge in [0.05, 0.1) is 12.6 Å². The number of hydrogen-bond acceptors (Lipinski definition) is 7. The number of nitrogens with one attached hydrogen (secondary N) is 1. The van der Waals surface area contributed by atoms with E-state index in [-0.39, 0.29) is 23.8 Å². The number of ether oxygens (including phenoxy) is 1. The molecule has 0 saturated carbocycles. The number of carboxylic acid groups (broad SMARTS) is 1. The van der Waals surface area contributed by atoms with Gasteiger partial charge in [0, 0.05) is 28.9 Å². The first-order valence-electron chi connectivity index (χ1n) is 11.4. The molecule has 1 aliphatic rings. The van der Waals surface area contributed by atoms with Crippen LogP contribution >= 0.6 is 11.6 Å². The lowest BCUT2D eigenvalue weighted by Gasteiger charge is -2.32. The smallest absolute Gasteiger partial charge is 0.407 e. The lowest BCUT2D eigenvalue weighted by molar-refractivity contribution is 0.0516. The normalized spacial score (nSPS) is 15.4. The zero-order chi connectivity index (χ0) is 25.8. The molecule has 0 radical (unpaired) electrons. The van der Waals surface area contributed by atoms with E-state index in [1.165, 1.54) is 17.2 Å². The van der Waals surface area contributed by atoms with E-state index in [2.05, 4.69) is 15.3 Å². The van der Waals surface area contributed by atoms with E-state index in [9.17, 15) is 19.5 Å². The number of halogens is 1.